The summed E-state index contributed by atoms with van der Waals surface area (Å²) >= 11 is 12.6. The number of unbranched alkanes of at least 4 members (excludes halogenated alkanes) is 4. The van der Waals surface area contributed by atoms with E-state index in [1.807, 2.05) is 113 Å². The van der Waals surface area contributed by atoms with Gasteiger partial charge in [-0.15, -0.1) is 0 Å². The minimum absolute atomic E-state index is 0.0109. The van der Waals surface area contributed by atoms with Gasteiger partial charge < -0.3 is 55.7 Å². The molecule has 5 aromatic carbocycles. The first-order valence-corrected chi connectivity index (χ1v) is 31.8. The predicted molar refractivity (Wildman–Crippen MR) is 344 cm³/mol. The number of benzene rings is 5. The zero-order valence-corrected chi connectivity index (χ0v) is 52.3. The molecule has 5 N–H and O–H groups in total. The standard InChI is InChI=1S/C35H42ClN5O4.C33H45ClN4O4/c36-28-13-14-29(27-15-19-40(20-16-27)21-22-41-31-11-5-6-12-32(31)45-25-33(41)42)30(23-28)34(43)37-17-7-2-8-18-38-35(44)39-24-26-9-3-1-4-10-26;1-33(2,3)22-30(39)35-15-7-4-8-16-36-32(41)27-21-25(34)11-12-26(27)24-13-17-37(18-14-24)19-20-38-28-9-5-6-10-29(28)42-23-31(38)40/h1,3-6,9-14,23,27H,2,7-8,15-22,24-25H2,(H,37,43)(H2,38,39,44);5-6,9-12,21,24H,4,7-8,13-20,22-23H2,1-3H3,(H,35,39)(H,36,41). The third kappa shape index (κ3) is 20.4. The van der Waals surface area contributed by atoms with Crippen LogP contribution in [0, 0.1) is 5.41 Å². The van der Waals surface area contributed by atoms with E-state index in [0.717, 1.165) is 143 Å². The van der Waals surface area contributed by atoms with E-state index in [4.69, 9.17) is 32.7 Å². The molecule has 17 nitrogen and oxygen atoms in total. The number of nitrogens with zero attached hydrogens (tertiary/aromatic N) is 4. The normalized spacial score (nSPS) is 15.6. The molecule has 19 heteroatoms. The fourth-order valence-electron chi connectivity index (χ4n) is 11.6. The number of nitrogens with one attached hydrogen (secondary N) is 5. The van der Waals surface area contributed by atoms with Crippen LogP contribution in [-0.4, -0.2) is 137 Å². The highest BCUT2D eigenvalue weighted by Crippen LogP contribution is 2.36. The number of fused-ring (bicyclic) bond motifs is 2. The maximum atomic E-state index is 13.2. The van der Waals surface area contributed by atoms with Gasteiger partial charge in [0.15, 0.2) is 13.2 Å². The molecule has 0 saturated carbocycles. The van der Waals surface area contributed by atoms with Gasteiger partial charge in [0.2, 0.25) is 5.91 Å². The van der Waals surface area contributed by atoms with Crippen LogP contribution in [0.25, 0.3) is 0 Å². The fraction of sp³-hybridized carbons (Fsp3) is 0.471. The third-order valence-electron chi connectivity index (χ3n) is 16.3. The number of carbonyl (C=O) groups is 6. The van der Waals surface area contributed by atoms with Gasteiger partial charge in [-0.2, -0.15) is 0 Å². The molecule has 7 amide bonds. The summed E-state index contributed by atoms with van der Waals surface area (Å²) in [7, 11) is 0. The highest BCUT2D eigenvalue weighted by molar-refractivity contribution is 6.31. The summed E-state index contributed by atoms with van der Waals surface area (Å²) in [6.45, 7) is 15.6. The number of amides is 7. The van der Waals surface area contributed by atoms with Crippen molar-refractivity contribution in [1.29, 1.82) is 0 Å². The Bertz CT molecular complexity index is 3090. The number of carbonyl (C=O) groups excluding carboxylic acids is 6. The van der Waals surface area contributed by atoms with Gasteiger partial charge in [-0.05, 0) is 173 Å². The molecular weight excluding hydrogens is 1140 g/mol. The minimum atomic E-state index is -0.176. The largest absolute Gasteiger partial charge is 0.482 e. The average Bonchev–Trinajstić information content (AvgIpc) is 3.58. The van der Waals surface area contributed by atoms with Gasteiger partial charge in [-0.3, -0.25) is 24.0 Å². The summed E-state index contributed by atoms with van der Waals surface area (Å²) in [6.07, 6.45) is 9.49. The number of halogens is 2. The fourth-order valence-corrected chi connectivity index (χ4v) is 12.0. The lowest BCUT2D eigenvalue weighted by Crippen LogP contribution is -2.45. The number of hydrogen-bond donors (Lipinski definition) is 5. The lowest BCUT2D eigenvalue weighted by molar-refractivity contribution is -0.123. The number of anilines is 2. The zero-order valence-electron chi connectivity index (χ0n) is 50.8. The molecule has 0 atom stereocenters. The van der Waals surface area contributed by atoms with Crippen molar-refractivity contribution in [3.05, 3.63) is 153 Å². The van der Waals surface area contributed by atoms with Gasteiger partial charge in [0.1, 0.15) is 11.5 Å². The number of likely N-dealkylation sites (tertiary alicyclic amines) is 2. The molecule has 0 spiro atoms. The van der Waals surface area contributed by atoms with Crippen molar-refractivity contribution in [2.75, 3.05) is 102 Å². The van der Waals surface area contributed by atoms with Crippen LogP contribution in [0.1, 0.15) is 141 Å². The Hall–Kier alpha value is -7.18. The molecule has 0 aromatic heterocycles. The van der Waals surface area contributed by atoms with E-state index < -0.39 is 0 Å². The Kier molecular flexibility index (Phi) is 25.1. The van der Waals surface area contributed by atoms with Crippen molar-refractivity contribution in [3.63, 3.8) is 0 Å². The number of piperidine rings is 2. The van der Waals surface area contributed by atoms with E-state index in [1.165, 1.54) is 0 Å². The van der Waals surface area contributed by atoms with Gasteiger partial charge in [-0.25, -0.2) is 4.79 Å². The molecule has 0 radical (unpaired) electrons. The van der Waals surface area contributed by atoms with Crippen LogP contribution in [-0.2, 0) is 20.9 Å². The Labute approximate surface area is 523 Å². The average molecular weight is 1230 g/mol. The SMILES string of the molecule is CC(C)(C)CC(=O)NCCCCCNC(=O)c1cc(Cl)ccc1C1CCN(CCN2C(=O)COc3ccccc32)CC1.O=C(NCCCCCNC(=O)c1cc(Cl)ccc1C1CCN(CCN2C(=O)COc3ccccc32)CC1)NCc1ccccc1. The Morgan fingerprint density at radius 2 is 0.931 bits per heavy atom. The maximum absolute atomic E-state index is 13.2. The molecule has 2 saturated heterocycles. The molecule has 2 fully saturated rings. The highest BCUT2D eigenvalue weighted by Gasteiger charge is 2.31. The van der Waals surface area contributed by atoms with Crippen LogP contribution < -0.4 is 45.9 Å². The summed E-state index contributed by atoms with van der Waals surface area (Å²) < 4.78 is 11.1. The second-order valence-corrected chi connectivity index (χ2v) is 25.0. The highest BCUT2D eigenvalue weighted by atomic mass is 35.5. The molecule has 0 bridgehead atoms. The summed E-state index contributed by atoms with van der Waals surface area (Å²) in [4.78, 5) is 83.8. The lowest BCUT2D eigenvalue weighted by Gasteiger charge is -2.35. The first kappa shape index (κ1) is 65.8. The molecule has 0 aliphatic carbocycles. The minimum Gasteiger partial charge on any atom is -0.482 e. The molecular formula is C68H87Cl2N9O8. The van der Waals surface area contributed by atoms with E-state index in [2.05, 4.69) is 57.2 Å². The second-order valence-electron chi connectivity index (χ2n) is 24.1. The van der Waals surface area contributed by atoms with Crippen LogP contribution in [0.4, 0.5) is 16.2 Å². The molecule has 4 aliphatic rings. The van der Waals surface area contributed by atoms with Gasteiger partial charge in [0.05, 0.1) is 11.4 Å². The quantitative estimate of drug-likeness (QED) is 0.0351. The molecule has 5 aromatic rings. The number of para-hydroxylation sites is 4. The molecule has 4 aliphatic heterocycles. The first-order chi connectivity index (χ1) is 42.1. The predicted octanol–water partition coefficient (Wildman–Crippen LogP) is 10.7. The maximum Gasteiger partial charge on any atom is 0.315 e. The van der Waals surface area contributed by atoms with E-state index in [-0.39, 0.29) is 66.0 Å². The topological polar surface area (TPSA) is 194 Å². The monoisotopic (exact) mass is 1230 g/mol. The molecule has 9 rings (SSSR count). The van der Waals surface area contributed by atoms with Crippen molar-refractivity contribution >= 4 is 70.1 Å². The Morgan fingerprint density at radius 1 is 0.506 bits per heavy atom. The van der Waals surface area contributed by atoms with Crippen molar-refractivity contribution in [3.8, 4) is 11.5 Å². The van der Waals surface area contributed by atoms with Crippen LogP contribution in [0.2, 0.25) is 10.0 Å². The zero-order chi connectivity index (χ0) is 61.5. The second kappa shape index (κ2) is 33.2. The number of hydrogen-bond acceptors (Lipinski definition) is 10. The van der Waals surface area contributed by atoms with Crippen LogP contribution in [0.15, 0.2) is 115 Å². The van der Waals surface area contributed by atoms with Crippen molar-refractivity contribution < 1.29 is 38.2 Å². The van der Waals surface area contributed by atoms with Gasteiger partial charge in [0.25, 0.3) is 23.6 Å². The van der Waals surface area contributed by atoms with E-state index in [1.54, 1.807) is 12.1 Å². The van der Waals surface area contributed by atoms with E-state index in [0.29, 0.717) is 73.4 Å². The van der Waals surface area contributed by atoms with Crippen LogP contribution >= 0.6 is 23.2 Å². The summed E-state index contributed by atoms with van der Waals surface area (Å²) in [5.41, 5.74) is 6.11. The van der Waals surface area contributed by atoms with Gasteiger partial charge >= 0.3 is 6.03 Å². The van der Waals surface area contributed by atoms with Crippen molar-refractivity contribution in [2.45, 2.75) is 110 Å². The first-order valence-electron chi connectivity index (χ1n) is 31.0. The number of urea groups is 1. The molecule has 87 heavy (non-hydrogen) atoms. The van der Waals surface area contributed by atoms with Crippen molar-refractivity contribution in [2.24, 2.45) is 5.41 Å². The summed E-state index contributed by atoms with van der Waals surface area (Å²) in [5, 5.41) is 16.0. The molecule has 4 heterocycles. The Balaban J connectivity index is 0.000000226. The lowest BCUT2D eigenvalue weighted by atomic mass is 9.86. The summed E-state index contributed by atoms with van der Waals surface area (Å²) in [6, 6.07) is 36.3. The van der Waals surface area contributed by atoms with Gasteiger partial charge in [0, 0.05) is 86.5 Å². The molecule has 466 valence electrons. The smallest absolute Gasteiger partial charge is 0.315 e. The van der Waals surface area contributed by atoms with E-state index >= 15 is 0 Å². The van der Waals surface area contributed by atoms with Crippen LogP contribution in [0.3, 0.4) is 0 Å². The van der Waals surface area contributed by atoms with E-state index in [9.17, 15) is 28.8 Å². The Morgan fingerprint density at radius 3 is 1.39 bits per heavy atom. The van der Waals surface area contributed by atoms with Gasteiger partial charge in [-0.1, -0.05) is 111 Å². The molecule has 0 unspecified atom stereocenters. The van der Waals surface area contributed by atoms with Crippen molar-refractivity contribution in [1.82, 2.24) is 36.4 Å². The van der Waals surface area contributed by atoms with Crippen LogP contribution in [0.5, 0.6) is 11.5 Å². The number of ether oxygens (including phenoxy) is 2. The summed E-state index contributed by atoms with van der Waals surface area (Å²) in [5.74, 6) is 1.93. The third-order valence-corrected chi connectivity index (χ3v) is 16.8. The number of rotatable bonds is 25.